The number of aryl methyl sites for hydroxylation is 1. The molecule has 2 aromatic rings. The molecular formula is C18H28N6O2S. The molecule has 1 heterocycles. The summed E-state index contributed by atoms with van der Waals surface area (Å²) in [6.45, 7) is 4.89. The molecule has 2 N–H and O–H groups in total. The molecule has 27 heavy (non-hydrogen) atoms. The Morgan fingerprint density at radius 2 is 1.96 bits per heavy atom. The predicted molar refractivity (Wildman–Crippen MR) is 107 cm³/mol. The summed E-state index contributed by atoms with van der Waals surface area (Å²) < 4.78 is 27.3. The average Bonchev–Trinajstić information content (AvgIpc) is 3.17. The lowest BCUT2D eigenvalue weighted by Gasteiger charge is -2.12. The van der Waals surface area contributed by atoms with Crippen LogP contribution in [0, 0.1) is 0 Å². The Bertz CT molecular complexity index is 814. The molecule has 8 nitrogen and oxygen atoms in total. The number of hydrogen-bond acceptors (Lipinski definition) is 4. The zero-order valence-corrected chi connectivity index (χ0v) is 16.9. The summed E-state index contributed by atoms with van der Waals surface area (Å²) in [5.41, 5.74) is 0.946. The van der Waals surface area contributed by atoms with Gasteiger partial charge >= 0.3 is 0 Å². The van der Waals surface area contributed by atoms with Gasteiger partial charge in [0.05, 0.1) is 11.4 Å². The van der Waals surface area contributed by atoms with Crippen molar-refractivity contribution in [1.29, 1.82) is 0 Å². The molecule has 0 aliphatic heterocycles. The number of aliphatic imine (C=N–C) groups is 1. The van der Waals surface area contributed by atoms with Crippen LogP contribution in [0.3, 0.4) is 0 Å². The van der Waals surface area contributed by atoms with Gasteiger partial charge in [0.1, 0.15) is 0 Å². The maximum atomic E-state index is 12.1. The second-order valence-electron chi connectivity index (χ2n) is 6.18. The van der Waals surface area contributed by atoms with Crippen molar-refractivity contribution in [3.05, 3.63) is 48.3 Å². The van der Waals surface area contributed by atoms with E-state index in [-0.39, 0.29) is 4.90 Å². The predicted octanol–water partition coefficient (Wildman–Crippen LogP) is 1.28. The normalized spacial score (nSPS) is 12.4. The van der Waals surface area contributed by atoms with Gasteiger partial charge in [-0.1, -0.05) is 12.1 Å². The van der Waals surface area contributed by atoms with Gasteiger partial charge in [0.15, 0.2) is 5.96 Å². The number of benzene rings is 1. The molecule has 0 saturated carbocycles. The van der Waals surface area contributed by atoms with E-state index in [1.54, 1.807) is 30.5 Å². The molecule has 0 aliphatic carbocycles. The van der Waals surface area contributed by atoms with E-state index < -0.39 is 10.0 Å². The Hall–Kier alpha value is -2.39. The third kappa shape index (κ3) is 6.37. The smallest absolute Gasteiger partial charge is 0.242 e. The van der Waals surface area contributed by atoms with Crippen LogP contribution in [-0.4, -0.2) is 55.6 Å². The van der Waals surface area contributed by atoms with Crippen LogP contribution in [0.25, 0.3) is 0 Å². The lowest BCUT2D eigenvalue weighted by molar-refractivity contribution is 0.520. The molecule has 148 valence electrons. The Balaban J connectivity index is 1.89. The number of aromatic nitrogens is 2. The highest BCUT2D eigenvalue weighted by Crippen LogP contribution is 2.14. The Kier molecular flexibility index (Phi) is 7.81. The van der Waals surface area contributed by atoms with Crippen LogP contribution in [0.4, 0.5) is 0 Å². The van der Waals surface area contributed by atoms with Gasteiger partial charge in [-0.2, -0.15) is 5.10 Å². The quantitative estimate of drug-likeness (QED) is 0.381. The van der Waals surface area contributed by atoms with E-state index in [0.29, 0.717) is 6.54 Å². The Labute approximate surface area is 161 Å². The van der Waals surface area contributed by atoms with Crippen LogP contribution in [0.1, 0.15) is 18.9 Å². The van der Waals surface area contributed by atoms with Crippen molar-refractivity contribution in [3.8, 4) is 0 Å². The summed E-state index contributed by atoms with van der Waals surface area (Å²) in [5.74, 6) is 0.739. The van der Waals surface area contributed by atoms with Gasteiger partial charge in [-0.15, -0.1) is 0 Å². The number of sulfonamides is 1. The summed E-state index contributed by atoms with van der Waals surface area (Å²) in [5, 5.41) is 10.7. The Morgan fingerprint density at radius 1 is 1.22 bits per heavy atom. The van der Waals surface area contributed by atoms with Crippen molar-refractivity contribution in [2.24, 2.45) is 4.99 Å². The fourth-order valence-corrected chi connectivity index (χ4v) is 3.27. The van der Waals surface area contributed by atoms with Crippen molar-refractivity contribution in [3.63, 3.8) is 0 Å². The van der Waals surface area contributed by atoms with Crippen LogP contribution in [0.15, 0.2) is 52.6 Å². The van der Waals surface area contributed by atoms with Gasteiger partial charge in [-0.05, 0) is 37.1 Å². The highest BCUT2D eigenvalue weighted by atomic mass is 32.2. The maximum Gasteiger partial charge on any atom is 0.242 e. The van der Waals surface area contributed by atoms with Crippen LogP contribution in [-0.2, 0) is 23.1 Å². The highest BCUT2D eigenvalue weighted by molar-refractivity contribution is 7.89. The number of rotatable bonds is 9. The zero-order chi connectivity index (χ0) is 19.7. The van der Waals surface area contributed by atoms with Crippen molar-refractivity contribution in [1.82, 2.24) is 24.7 Å². The minimum Gasteiger partial charge on any atom is -0.357 e. The number of hydrogen-bond donors (Lipinski definition) is 2. The van der Waals surface area contributed by atoms with E-state index in [2.05, 4.69) is 20.7 Å². The summed E-state index contributed by atoms with van der Waals surface area (Å²) >= 11 is 0. The first-order valence-electron chi connectivity index (χ1n) is 8.94. The number of nitrogens with zero attached hydrogens (tertiary/aromatic N) is 4. The van der Waals surface area contributed by atoms with E-state index in [1.165, 1.54) is 18.4 Å². The first-order chi connectivity index (χ1) is 12.9. The molecule has 0 bridgehead atoms. The van der Waals surface area contributed by atoms with Crippen molar-refractivity contribution >= 4 is 16.0 Å². The molecule has 1 aromatic carbocycles. The fourth-order valence-electron chi connectivity index (χ4n) is 2.37. The van der Waals surface area contributed by atoms with Crippen molar-refractivity contribution in [2.45, 2.75) is 31.3 Å². The molecule has 9 heteroatoms. The van der Waals surface area contributed by atoms with Gasteiger partial charge < -0.3 is 10.6 Å². The first kappa shape index (κ1) is 20.9. The molecule has 0 saturated heterocycles. The molecular weight excluding hydrogens is 364 g/mol. The summed E-state index contributed by atoms with van der Waals surface area (Å²) in [7, 11) is -0.357. The van der Waals surface area contributed by atoms with Crippen molar-refractivity contribution in [2.75, 3.05) is 27.2 Å². The van der Waals surface area contributed by atoms with E-state index >= 15 is 0 Å². The van der Waals surface area contributed by atoms with E-state index in [4.69, 9.17) is 0 Å². The standard InChI is InChI=1S/C18H28N6O2S/c1-4-19-18(20-11-5-13-24-14-6-12-22-24)21-15-16-7-9-17(10-8-16)27(25,26)23(2)3/h6-10,12,14H,4-5,11,13,15H2,1-3H3,(H2,19,20,21). The van der Waals surface area contributed by atoms with Crippen molar-refractivity contribution < 1.29 is 8.42 Å². The molecule has 0 radical (unpaired) electrons. The van der Waals surface area contributed by atoms with Crippen LogP contribution in [0.2, 0.25) is 0 Å². The monoisotopic (exact) mass is 392 g/mol. The third-order valence-corrected chi connectivity index (χ3v) is 5.71. The molecule has 0 aliphatic rings. The van der Waals surface area contributed by atoms with E-state index in [0.717, 1.165) is 37.6 Å². The zero-order valence-electron chi connectivity index (χ0n) is 16.1. The van der Waals surface area contributed by atoms with Crippen LogP contribution in [0.5, 0.6) is 0 Å². The summed E-state index contributed by atoms with van der Waals surface area (Å²) in [6, 6.07) is 8.73. The molecule has 0 amide bonds. The molecule has 2 rings (SSSR count). The number of nitrogens with one attached hydrogen (secondary N) is 2. The minimum absolute atomic E-state index is 0.281. The lowest BCUT2D eigenvalue weighted by Crippen LogP contribution is -2.38. The summed E-state index contributed by atoms with van der Waals surface area (Å²) in [4.78, 5) is 4.84. The summed E-state index contributed by atoms with van der Waals surface area (Å²) in [6.07, 6.45) is 4.65. The van der Waals surface area contributed by atoms with Gasteiger partial charge in [0, 0.05) is 46.1 Å². The third-order valence-electron chi connectivity index (χ3n) is 3.88. The molecule has 0 spiro atoms. The highest BCUT2D eigenvalue weighted by Gasteiger charge is 2.16. The second kappa shape index (κ2) is 10.1. The van der Waals surface area contributed by atoms with Gasteiger partial charge in [0.25, 0.3) is 0 Å². The molecule has 1 aromatic heterocycles. The first-order valence-corrected chi connectivity index (χ1v) is 10.4. The largest absolute Gasteiger partial charge is 0.357 e. The SMILES string of the molecule is CCNC(=NCc1ccc(S(=O)(=O)N(C)C)cc1)NCCCn1cccn1. The Morgan fingerprint density at radius 3 is 2.56 bits per heavy atom. The second-order valence-corrected chi connectivity index (χ2v) is 8.33. The van der Waals surface area contributed by atoms with Crippen LogP contribution >= 0.6 is 0 Å². The number of guanidine groups is 1. The molecule has 0 fully saturated rings. The van der Waals surface area contributed by atoms with Gasteiger partial charge in [-0.25, -0.2) is 17.7 Å². The lowest BCUT2D eigenvalue weighted by atomic mass is 10.2. The van der Waals surface area contributed by atoms with Gasteiger partial charge in [-0.3, -0.25) is 4.68 Å². The molecule has 0 unspecified atom stereocenters. The van der Waals surface area contributed by atoms with Crippen LogP contribution < -0.4 is 10.6 Å². The van der Waals surface area contributed by atoms with E-state index in [1.807, 2.05) is 23.9 Å². The average molecular weight is 393 g/mol. The topological polar surface area (TPSA) is 91.6 Å². The fraction of sp³-hybridized carbons (Fsp3) is 0.444. The molecule has 0 atom stereocenters. The van der Waals surface area contributed by atoms with E-state index in [9.17, 15) is 8.42 Å². The van der Waals surface area contributed by atoms with Gasteiger partial charge in [0.2, 0.25) is 10.0 Å². The minimum atomic E-state index is -3.40. The maximum absolute atomic E-state index is 12.1.